The summed E-state index contributed by atoms with van der Waals surface area (Å²) in [7, 11) is 3.71. The van der Waals surface area contributed by atoms with Crippen molar-refractivity contribution in [3.05, 3.63) is 29.3 Å². The van der Waals surface area contributed by atoms with Gasteiger partial charge in [0.15, 0.2) is 0 Å². The maximum Gasteiger partial charge on any atom is 0.221 e. The van der Waals surface area contributed by atoms with Crippen molar-refractivity contribution < 1.29 is 4.79 Å². The lowest BCUT2D eigenvalue weighted by atomic mass is 10.1. The highest BCUT2D eigenvalue weighted by Gasteiger charge is 2.13. The molecule has 0 aliphatic heterocycles. The number of nitrogens with zero attached hydrogens (tertiary/aromatic N) is 1. The van der Waals surface area contributed by atoms with E-state index in [1.165, 1.54) is 16.8 Å². The molecular weight excluding hydrogens is 262 g/mol. The molecule has 0 aromatic heterocycles. The van der Waals surface area contributed by atoms with Crippen molar-refractivity contribution in [1.82, 2.24) is 10.6 Å². The largest absolute Gasteiger partial charge is 0.374 e. The van der Waals surface area contributed by atoms with Gasteiger partial charge in [0.05, 0.1) is 0 Å². The van der Waals surface area contributed by atoms with Crippen LogP contribution in [0.4, 0.5) is 5.69 Å². The fraction of sp³-hybridized carbons (Fsp3) is 0.588. The maximum atomic E-state index is 11.4. The Morgan fingerprint density at radius 1 is 1.29 bits per heavy atom. The second kappa shape index (κ2) is 7.46. The molecule has 1 aromatic rings. The molecule has 0 heterocycles. The second-order valence-electron chi connectivity index (χ2n) is 6.58. The quantitative estimate of drug-likeness (QED) is 0.846. The van der Waals surface area contributed by atoms with E-state index in [0.29, 0.717) is 13.0 Å². The van der Waals surface area contributed by atoms with Crippen molar-refractivity contribution in [2.75, 3.05) is 25.5 Å². The summed E-state index contributed by atoms with van der Waals surface area (Å²) in [6, 6.07) is 6.47. The van der Waals surface area contributed by atoms with Gasteiger partial charge < -0.3 is 15.5 Å². The molecule has 0 atom stereocenters. The minimum atomic E-state index is 0.0725. The predicted molar refractivity (Wildman–Crippen MR) is 89.7 cm³/mol. The fourth-order valence-corrected chi connectivity index (χ4v) is 2.10. The number of hydrogen-bond donors (Lipinski definition) is 2. The lowest BCUT2D eigenvalue weighted by Crippen LogP contribution is -2.35. The van der Waals surface area contributed by atoms with E-state index in [0.717, 1.165) is 6.54 Å². The highest BCUT2D eigenvalue weighted by atomic mass is 16.1. The Bertz CT molecular complexity index is 477. The molecule has 2 N–H and O–H groups in total. The van der Waals surface area contributed by atoms with Gasteiger partial charge in [-0.15, -0.1) is 0 Å². The number of hydrogen-bond acceptors (Lipinski definition) is 3. The third-order valence-corrected chi connectivity index (χ3v) is 3.41. The smallest absolute Gasteiger partial charge is 0.221 e. The Labute approximate surface area is 128 Å². The summed E-state index contributed by atoms with van der Waals surface area (Å²) in [5.74, 6) is 0.0725. The van der Waals surface area contributed by atoms with Crippen LogP contribution in [0, 0.1) is 6.92 Å². The number of aryl methyl sites for hydroxylation is 1. The van der Waals surface area contributed by atoms with Crippen LogP contribution >= 0.6 is 0 Å². The van der Waals surface area contributed by atoms with Gasteiger partial charge in [-0.1, -0.05) is 17.7 Å². The average Bonchev–Trinajstić information content (AvgIpc) is 2.41. The summed E-state index contributed by atoms with van der Waals surface area (Å²) in [4.78, 5) is 13.5. The molecule has 1 aromatic carbocycles. The molecule has 1 rings (SSSR count). The molecule has 118 valence electrons. The number of amides is 1. The Hall–Kier alpha value is -1.55. The van der Waals surface area contributed by atoms with E-state index in [-0.39, 0.29) is 11.4 Å². The van der Waals surface area contributed by atoms with E-state index in [1.54, 1.807) is 7.05 Å². The van der Waals surface area contributed by atoms with Crippen LogP contribution in [0.25, 0.3) is 0 Å². The highest BCUT2D eigenvalue weighted by molar-refractivity contribution is 5.76. The summed E-state index contributed by atoms with van der Waals surface area (Å²) < 4.78 is 0. The third-order valence-electron chi connectivity index (χ3n) is 3.41. The normalized spacial score (nSPS) is 11.3. The molecule has 0 fully saturated rings. The molecule has 21 heavy (non-hydrogen) atoms. The highest BCUT2D eigenvalue weighted by Crippen LogP contribution is 2.22. The predicted octanol–water partition coefficient (Wildman–Crippen LogP) is 2.46. The molecule has 4 heteroatoms. The zero-order chi connectivity index (χ0) is 16.0. The van der Waals surface area contributed by atoms with E-state index in [9.17, 15) is 4.79 Å². The Morgan fingerprint density at radius 3 is 2.52 bits per heavy atom. The van der Waals surface area contributed by atoms with E-state index >= 15 is 0 Å². The first-order valence-electron chi connectivity index (χ1n) is 7.49. The molecule has 1 amide bonds. The Balaban J connectivity index is 2.82. The molecular formula is C17H29N3O. The van der Waals surface area contributed by atoms with Crippen molar-refractivity contribution in [1.29, 1.82) is 0 Å². The van der Waals surface area contributed by atoms with Gasteiger partial charge in [0.1, 0.15) is 0 Å². The van der Waals surface area contributed by atoms with Crippen molar-refractivity contribution in [2.24, 2.45) is 0 Å². The van der Waals surface area contributed by atoms with Crippen LogP contribution in [0.3, 0.4) is 0 Å². The van der Waals surface area contributed by atoms with Crippen LogP contribution in [-0.4, -0.2) is 32.1 Å². The zero-order valence-electron chi connectivity index (χ0n) is 14.2. The number of anilines is 1. The molecule has 4 nitrogen and oxygen atoms in total. The standard InChI is InChI=1S/C17H29N3O/c1-13-7-8-15(20(6)10-9-16(21)18-5)14(11-13)12-19-17(2,3)4/h7-8,11,19H,9-10,12H2,1-6H3,(H,18,21). The van der Waals surface area contributed by atoms with E-state index in [1.807, 2.05) is 7.05 Å². The molecule has 0 saturated heterocycles. The van der Waals surface area contributed by atoms with Crippen molar-refractivity contribution in [2.45, 2.75) is 46.2 Å². The van der Waals surface area contributed by atoms with Gasteiger partial charge in [0.25, 0.3) is 0 Å². The van der Waals surface area contributed by atoms with Gasteiger partial charge in [0.2, 0.25) is 5.91 Å². The van der Waals surface area contributed by atoms with Gasteiger partial charge >= 0.3 is 0 Å². The minimum absolute atomic E-state index is 0.0725. The van der Waals surface area contributed by atoms with Gasteiger partial charge in [-0.05, 0) is 39.3 Å². The van der Waals surface area contributed by atoms with Gasteiger partial charge in [0, 0.05) is 44.8 Å². The average molecular weight is 291 g/mol. The first kappa shape index (κ1) is 17.5. The second-order valence-corrected chi connectivity index (χ2v) is 6.58. The van der Waals surface area contributed by atoms with Crippen LogP contribution in [0.2, 0.25) is 0 Å². The van der Waals surface area contributed by atoms with Crippen molar-refractivity contribution in [3.8, 4) is 0 Å². The lowest BCUT2D eigenvalue weighted by Gasteiger charge is -2.26. The number of benzene rings is 1. The molecule has 0 aliphatic carbocycles. The molecule has 0 unspecified atom stereocenters. The van der Waals surface area contributed by atoms with Crippen LogP contribution in [0.1, 0.15) is 38.3 Å². The summed E-state index contributed by atoms with van der Waals surface area (Å²) in [6.07, 6.45) is 0.507. The van der Waals surface area contributed by atoms with Gasteiger partial charge in [-0.3, -0.25) is 4.79 Å². The van der Waals surface area contributed by atoms with Crippen LogP contribution in [0.15, 0.2) is 18.2 Å². The summed E-state index contributed by atoms with van der Waals surface area (Å²) in [6.45, 7) is 10.1. The van der Waals surface area contributed by atoms with E-state index < -0.39 is 0 Å². The fourth-order valence-electron chi connectivity index (χ4n) is 2.10. The van der Waals surface area contributed by atoms with E-state index in [2.05, 4.69) is 61.4 Å². The molecule has 0 bridgehead atoms. The lowest BCUT2D eigenvalue weighted by molar-refractivity contribution is -0.120. The van der Waals surface area contributed by atoms with Crippen molar-refractivity contribution >= 4 is 11.6 Å². The van der Waals surface area contributed by atoms with Crippen LogP contribution in [-0.2, 0) is 11.3 Å². The molecule has 0 aliphatic rings. The van der Waals surface area contributed by atoms with Gasteiger partial charge in [-0.25, -0.2) is 0 Å². The number of carbonyl (C=O) groups is 1. The molecule has 0 spiro atoms. The van der Waals surface area contributed by atoms with Gasteiger partial charge in [-0.2, -0.15) is 0 Å². The monoisotopic (exact) mass is 291 g/mol. The SMILES string of the molecule is CNC(=O)CCN(C)c1ccc(C)cc1CNC(C)(C)C. The number of nitrogens with one attached hydrogen (secondary N) is 2. The molecule has 0 radical (unpaired) electrons. The van der Waals surface area contributed by atoms with Crippen LogP contribution in [0.5, 0.6) is 0 Å². The number of carbonyl (C=O) groups excluding carboxylic acids is 1. The van der Waals surface area contributed by atoms with E-state index in [4.69, 9.17) is 0 Å². The van der Waals surface area contributed by atoms with Crippen molar-refractivity contribution in [3.63, 3.8) is 0 Å². The number of rotatable bonds is 6. The summed E-state index contributed by atoms with van der Waals surface area (Å²) >= 11 is 0. The first-order chi connectivity index (χ1) is 9.73. The topological polar surface area (TPSA) is 44.4 Å². The molecule has 0 saturated carbocycles. The Kier molecular flexibility index (Phi) is 6.21. The van der Waals surface area contributed by atoms with Crippen LogP contribution < -0.4 is 15.5 Å². The first-order valence-corrected chi connectivity index (χ1v) is 7.49. The third kappa shape index (κ3) is 6.17. The summed E-state index contributed by atoms with van der Waals surface area (Å²) in [5.41, 5.74) is 3.79. The minimum Gasteiger partial charge on any atom is -0.374 e. The summed E-state index contributed by atoms with van der Waals surface area (Å²) in [5, 5.41) is 6.19. The zero-order valence-corrected chi connectivity index (χ0v) is 14.2. The Morgan fingerprint density at radius 2 is 1.95 bits per heavy atom. The maximum absolute atomic E-state index is 11.4.